The van der Waals surface area contributed by atoms with E-state index in [2.05, 4.69) is 18.7 Å². The molecule has 1 heterocycles. The molecule has 1 saturated heterocycles. The number of carboxylic acids is 1. The Balaban J connectivity index is 2.29. The third kappa shape index (κ3) is 3.35. The minimum Gasteiger partial charge on any atom is -0.481 e. The summed E-state index contributed by atoms with van der Waals surface area (Å²) in [6.45, 7) is 6.24. The molecule has 1 aliphatic heterocycles. The van der Waals surface area contributed by atoms with Crippen molar-refractivity contribution in [2.75, 3.05) is 13.1 Å². The van der Waals surface area contributed by atoms with Crippen molar-refractivity contribution in [3.8, 4) is 0 Å². The van der Waals surface area contributed by atoms with Crippen molar-refractivity contribution in [3.05, 3.63) is 0 Å². The molecule has 3 nitrogen and oxygen atoms in total. The van der Waals surface area contributed by atoms with E-state index in [1.807, 2.05) is 0 Å². The van der Waals surface area contributed by atoms with Gasteiger partial charge in [-0.25, -0.2) is 0 Å². The van der Waals surface area contributed by atoms with Crippen molar-refractivity contribution >= 4 is 5.97 Å². The van der Waals surface area contributed by atoms with Crippen LogP contribution in [0.15, 0.2) is 0 Å². The molecule has 0 aliphatic carbocycles. The van der Waals surface area contributed by atoms with E-state index in [4.69, 9.17) is 5.11 Å². The van der Waals surface area contributed by atoms with E-state index in [1.54, 1.807) is 0 Å². The van der Waals surface area contributed by atoms with Crippen molar-refractivity contribution in [3.63, 3.8) is 0 Å². The number of piperidine rings is 1. The largest absolute Gasteiger partial charge is 0.481 e. The first-order valence-electron chi connectivity index (χ1n) is 5.05. The Kier molecular flexibility index (Phi) is 3.72. The van der Waals surface area contributed by atoms with Gasteiger partial charge in [0.2, 0.25) is 0 Å². The highest BCUT2D eigenvalue weighted by molar-refractivity contribution is 5.66. The van der Waals surface area contributed by atoms with Gasteiger partial charge in [0.1, 0.15) is 0 Å². The number of carbonyl (C=O) groups is 1. The first-order chi connectivity index (χ1) is 6.09. The highest BCUT2D eigenvalue weighted by atomic mass is 16.4. The first kappa shape index (κ1) is 10.5. The number of hydrogen-bond acceptors (Lipinski definition) is 2. The quantitative estimate of drug-likeness (QED) is 0.725. The van der Waals surface area contributed by atoms with E-state index in [1.165, 1.54) is 12.8 Å². The van der Waals surface area contributed by atoms with Crippen LogP contribution in [0.5, 0.6) is 0 Å². The van der Waals surface area contributed by atoms with Crippen LogP contribution in [0.3, 0.4) is 0 Å². The van der Waals surface area contributed by atoms with Gasteiger partial charge in [0, 0.05) is 12.6 Å². The first-order valence-corrected chi connectivity index (χ1v) is 5.05. The number of carboxylic acid groups (broad SMARTS) is 1. The van der Waals surface area contributed by atoms with Crippen molar-refractivity contribution in [1.29, 1.82) is 0 Å². The molecule has 2 atom stereocenters. The molecule has 3 heteroatoms. The summed E-state index contributed by atoms with van der Waals surface area (Å²) >= 11 is 0. The lowest BCUT2D eigenvalue weighted by molar-refractivity contribution is -0.137. The third-order valence-electron chi connectivity index (χ3n) is 2.89. The molecule has 0 saturated carbocycles. The molecular weight excluding hydrogens is 166 g/mol. The highest BCUT2D eigenvalue weighted by Gasteiger charge is 2.22. The zero-order chi connectivity index (χ0) is 9.84. The third-order valence-corrected chi connectivity index (χ3v) is 2.89. The average molecular weight is 185 g/mol. The van der Waals surface area contributed by atoms with Crippen LogP contribution in [-0.4, -0.2) is 35.1 Å². The second-order valence-electron chi connectivity index (χ2n) is 4.16. The van der Waals surface area contributed by atoms with Gasteiger partial charge in [-0.15, -0.1) is 0 Å². The van der Waals surface area contributed by atoms with Crippen LogP contribution in [0.1, 0.15) is 33.1 Å². The molecule has 1 N–H and O–H groups in total. The predicted octanol–water partition coefficient (Wildman–Crippen LogP) is 1.58. The minimum absolute atomic E-state index is 0.277. The van der Waals surface area contributed by atoms with Gasteiger partial charge in [0.05, 0.1) is 6.42 Å². The number of aliphatic carboxylic acids is 1. The van der Waals surface area contributed by atoms with Gasteiger partial charge in [-0.2, -0.15) is 0 Å². The normalized spacial score (nSPS) is 30.3. The molecule has 13 heavy (non-hydrogen) atoms. The molecule has 1 aliphatic rings. The van der Waals surface area contributed by atoms with Gasteiger partial charge in [0.15, 0.2) is 0 Å². The Morgan fingerprint density at radius 3 is 2.77 bits per heavy atom. The summed E-state index contributed by atoms with van der Waals surface area (Å²) in [7, 11) is 0. The lowest BCUT2D eigenvalue weighted by Crippen LogP contribution is -2.41. The zero-order valence-electron chi connectivity index (χ0n) is 8.49. The standard InChI is InChI=1S/C10H19NO2/c1-8-3-5-11(9(2)7-8)6-4-10(12)13/h8-9H,3-7H2,1-2H3,(H,12,13). The molecule has 0 radical (unpaired) electrons. The summed E-state index contributed by atoms with van der Waals surface area (Å²) < 4.78 is 0. The van der Waals surface area contributed by atoms with Crippen LogP contribution in [0.4, 0.5) is 0 Å². The van der Waals surface area contributed by atoms with Crippen molar-refractivity contribution < 1.29 is 9.90 Å². The van der Waals surface area contributed by atoms with E-state index in [-0.39, 0.29) is 6.42 Å². The van der Waals surface area contributed by atoms with Crippen molar-refractivity contribution in [2.45, 2.75) is 39.2 Å². The van der Waals surface area contributed by atoms with Crippen LogP contribution in [0.2, 0.25) is 0 Å². The van der Waals surface area contributed by atoms with Crippen LogP contribution in [-0.2, 0) is 4.79 Å². The lowest BCUT2D eigenvalue weighted by atomic mass is 9.93. The van der Waals surface area contributed by atoms with Gasteiger partial charge in [0.25, 0.3) is 0 Å². The molecular formula is C10H19NO2. The van der Waals surface area contributed by atoms with Crippen LogP contribution < -0.4 is 0 Å². The molecule has 0 bridgehead atoms. The summed E-state index contributed by atoms with van der Waals surface area (Å²) in [5.74, 6) is 0.113. The molecule has 2 unspecified atom stereocenters. The molecule has 0 aromatic heterocycles. The van der Waals surface area contributed by atoms with E-state index in [0.29, 0.717) is 12.6 Å². The molecule has 0 amide bonds. The monoisotopic (exact) mass is 185 g/mol. The SMILES string of the molecule is CC1CCN(CCC(=O)O)C(C)C1. The fourth-order valence-electron chi connectivity index (χ4n) is 2.03. The maximum absolute atomic E-state index is 10.4. The second kappa shape index (κ2) is 4.61. The molecule has 0 aromatic carbocycles. The Hall–Kier alpha value is -0.570. The molecule has 1 rings (SSSR count). The minimum atomic E-state index is -0.689. The molecule has 0 aromatic rings. The van der Waals surface area contributed by atoms with Crippen LogP contribution in [0, 0.1) is 5.92 Å². The van der Waals surface area contributed by atoms with Gasteiger partial charge in [-0.3, -0.25) is 4.79 Å². The van der Waals surface area contributed by atoms with Gasteiger partial charge >= 0.3 is 5.97 Å². The molecule has 1 fully saturated rings. The number of likely N-dealkylation sites (tertiary alicyclic amines) is 1. The Morgan fingerprint density at radius 1 is 1.54 bits per heavy atom. The summed E-state index contributed by atoms with van der Waals surface area (Å²) in [4.78, 5) is 12.7. The van der Waals surface area contributed by atoms with E-state index >= 15 is 0 Å². The van der Waals surface area contributed by atoms with Gasteiger partial charge < -0.3 is 10.0 Å². The Morgan fingerprint density at radius 2 is 2.23 bits per heavy atom. The summed E-state index contributed by atoms with van der Waals surface area (Å²) in [5, 5.41) is 8.56. The molecule has 0 spiro atoms. The Bertz CT molecular complexity index is 182. The molecule has 76 valence electrons. The maximum Gasteiger partial charge on any atom is 0.304 e. The van der Waals surface area contributed by atoms with E-state index in [9.17, 15) is 4.79 Å². The summed E-state index contributed by atoms with van der Waals surface area (Å²) in [5.41, 5.74) is 0. The van der Waals surface area contributed by atoms with Crippen LogP contribution in [0.25, 0.3) is 0 Å². The number of nitrogens with zero attached hydrogens (tertiary/aromatic N) is 1. The second-order valence-corrected chi connectivity index (χ2v) is 4.16. The fraction of sp³-hybridized carbons (Fsp3) is 0.900. The lowest BCUT2D eigenvalue weighted by Gasteiger charge is -2.36. The predicted molar refractivity (Wildman–Crippen MR) is 51.7 cm³/mol. The zero-order valence-corrected chi connectivity index (χ0v) is 8.49. The van der Waals surface area contributed by atoms with Gasteiger partial charge in [-0.05, 0) is 32.2 Å². The van der Waals surface area contributed by atoms with E-state index in [0.717, 1.165) is 12.5 Å². The smallest absolute Gasteiger partial charge is 0.304 e. The van der Waals surface area contributed by atoms with Crippen molar-refractivity contribution in [1.82, 2.24) is 4.90 Å². The van der Waals surface area contributed by atoms with Crippen LogP contribution >= 0.6 is 0 Å². The number of hydrogen-bond donors (Lipinski definition) is 1. The fourth-order valence-corrected chi connectivity index (χ4v) is 2.03. The topological polar surface area (TPSA) is 40.5 Å². The average Bonchev–Trinajstić information content (AvgIpc) is 2.02. The Labute approximate surface area is 79.7 Å². The van der Waals surface area contributed by atoms with Gasteiger partial charge in [-0.1, -0.05) is 6.92 Å². The maximum atomic E-state index is 10.4. The van der Waals surface area contributed by atoms with Crippen molar-refractivity contribution in [2.24, 2.45) is 5.92 Å². The van der Waals surface area contributed by atoms with E-state index < -0.39 is 5.97 Å². The highest BCUT2D eigenvalue weighted by Crippen LogP contribution is 2.21. The summed E-state index contributed by atoms with van der Waals surface area (Å²) in [6, 6.07) is 0.558. The summed E-state index contributed by atoms with van der Waals surface area (Å²) in [6.07, 6.45) is 2.70. The number of rotatable bonds is 3.